The lowest BCUT2D eigenvalue weighted by atomic mass is 10.0. The molecule has 6 heteroatoms. The molecule has 1 aromatic carbocycles. The lowest BCUT2D eigenvalue weighted by Crippen LogP contribution is -2.18. The fraction of sp³-hybridized carbons (Fsp3) is 0.278. The second-order valence-electron chi connectivity index (χ2n) is 6.28. The lowest BCUT2D eigenvalue weighted by Gasteiger charge is -2.17. The van der Waals surface area contributed by atoms with Gasteiger partial charge in [-0.05, 0) is 51.5 Å². The quantitative estimate of drug-likeness (QED) is 0.628. The monoisotopic (exact) mass is 387 g/mol. The van der Waals surface area contributed by atoms with E-state index in [9.17, 15) is 5.11 Å². The number of aromatic nitrogens is 1. The first-order valence-corrected chi connectivity index (χ1v) is 8.14. The predicted octanol–water partition coefficient (Wildman–Crippen LogP) is 4.30. The molecule has 2 aromatic rings. The van der Waals surface area contributed by atoms with Crippen molar-refractivity contribution < 1.29 is 9.94 Å². The van der Waals surface area contributed by atoms with Crippen molar-refractivity contribution in [1.29, 1.82) is 5.26 Å². The third kappa shape index (κ3) is 4.33. The summed E-state index contributed by atoms with van der Waals surface area (Å²) in [6, 6.07) is 10.5. The highest BCUT2D eigenvalue weighted by Gasteiger charge is 2.19. The molecular formula is C18H18BrN3O2. The topological polar surface area (TPSA) is 78.5 Å². The summed E-state index contributed by atoms with van der Waals surface area (Å²) in [6.45, 7) is 7.59. The molecule has 0 saturated carbocycles. The van der Waals surface area contributed by atoms with Crippen molar-refractivity contribution in [1.82, 2.24) is 4.98 Å². The number of pyridine rings is 1. The predicted molar refractivity (Wildman–Crippen MR) is 96.0 cm³/mol. The molecule has 1 heterocycles. The van der Waals surface area contributed by atoms with E-state index in [0.717, 1.165) is 15.6 Å². The number of rotatable bonds is 3. The Morgan fingerprint density at radius 1 is 1.29 bits per heavy atom. The SMILES string of the molecule is Cc1ccc(/C(=N/OC(C)(C)C)c2nc(C#N)ccc2O)cc1Br. The molecule has 1 aromatic heterocycles. The second-order valence-corrected chi connectivity index (χ2v) is 7.14. The fourth-order valence-corrected chi connectivity index (χ4v) is 2.22. The Hall–Kier alpha value is -2.39. The first-order chi connectivity index (χ1) is 11.2. The van der Waals surface area contributed by atoms with E-state index in [0.29, 0.717) is 5.71 Å². The van der Waals surface area contributed by atoms with Crippen LogP contribution in [0.2, 0.25) is 0 Å². The molecule has 5 nitrogen and oxygen atoms in total. The maximum atomic E-state index is 10.2. The van der Waals surface area contributed by atoms with E-state index in [4.69, 9.17) is 10.1 Å². The van der Waals surface area contributed by atoms with Gasteiger partial charge in [0.2, 0.25) is 0 Å². The molecule has 0 unspecified atom stereocenters. The average molecular weight is 388 g/mol. The first kappa shape index (κ1) is 18.0. The number of oxime groups is 1. The maximum absolute atomic E-state index is 10.2. The highest BCUT2D eigenvalue weighted by molar-refractivity contribution is 9.10. The molecule has 0 radical (unpaired) electrons. The second kappa shape index (κ2) is 7.02. The van der Waals surface area contributed by atoms with Gasteiger partial charge in [-0.15, -0.1) is 0 Å². The number of hydrogen-bond donors (Lipinski definition) is 1. The third-order valence-electron chi connectivity index (χ3n) is 3.07. The van der Waals surface area contributed by atoms with Crippen molar-refractivity contribution in [3.63, 3.8) is 0 Å². The molecule has 0 spiro atoms. The number of nitrogens with zero attached hydrogens (tertiary/aromatic N) is 3. The molecule has 24 heavy (non-hydrogen) atoms. The van der Waals surface area contributed by atoms with Gasteiger partial charge < -0.3 is 9.94 Å². The Labute approximate surface area is 149 Å². The van der Waals surface area contributed by atoms with Crippen molar-refractivity contribution >= 4 is 21.6 Å². The lowest BCUT2D eigenvalue weighted by molar-refractivity contribution is 0.00111. The summed E-state index contributed by atoms with van der Waals surface area (Å²) in [7, 11) is 0. The maximum Gasteiger partial charge on any atom is 0.143 e. The Balaban J connectivity index is 2.63. The molecule has 0 atom stereocenters. The van der Waals surface area contributed by atoms with E-state index in [1.54, 1.807) is 0 Å². The zero-order chi connectivity index (χ0) is 17.9. The van der Waals surface area contributed by atoms with Crippen LogP contribution in [0, 0.1) is 18.3 Å². The van der Waals surface area contributed by atoms with Crippen molar-refractivity contribution in [2.45, 2.75) is 33.3 Å². The van der Waals surface area contributed by atoms with Gasteiger partial charge in [0.1, 0.15) is 34.5 Å². The third-order valence-corrected chi connectivity index (χ3v) is 3.92. The normalized spacial score (nSPS) is 11.9. The minimum atomic E-state index is -0.504. The zero-order valence-electron chi connectivity index (χ0n) is 14.0. The van der Waals surface area contributed by atoms with Crippen LogP contribution in [-0.4, -0.2) is 21.4 Å². The van der Waals surface area contributed by atoms with Gasteiger partial charge in [-0.1, -0.05) is 33.2 Å². The highest BCUT2D eigenvalue weighted by Crippen LogP contribution is 2.24. The summed E-state index contributed by atoms with van der Waals surface area (Å²) in [6.07, 6.45) is 0. The van der Waals surface area contributed by atoms with Gasteiger partial charge >= 0.3 is 0 Å². The number of benzene rings is 1. The van der Waals surface area contributed by atoms with Gasteiger partial charge in [-0.2, -0.15) is 5.26 Å². The van der Waals surface area contributed by atoms with E-state index in [2.05, 4.69) is 26.1 Å². The van der Waals surface area contributed by atoms with Crippen LogP contribution in [0.15, 0.2) is 40.0 Å². The zero-order valence-corrected chi connectivity index (χ0v) is 15.5. The smallest absolute Gasteiger partial charge is 0.143 e. The molecule has 0 aliphatic carbocycles. The minimum Gasteiger partial charge on any atom is -0.506 e. The van der Waals surface area contributed by atoms with E-state index in [1.807, 2.05) is 52.0 Å². The fourth-order valence-electron chi connectivity index (χ4n) is 1.84. The highest BCUT2D eigenvalue weighted by atomic mass is 79.9. The van der Waals surface area contributed by atoms with Crippen LogP contribution < -0.4 is 0 Å². The van der Waals surface area contributed by atoms with Crippen LogP contribution in [0.25, 0.3) is 0 Å². The largest absolute Gasteiger partial charge is 0.506 e. The van der Waals surface area contributed by atoms with E-state index < -0.39 is 5.60 Å². The summed E-state index contributed by atoms with van der Waals surface area (Å²) in [4.78, 5) is 9.72. The van der Waals surface area contributed by atoms with Crippen LogP contribution in [0.5, 0.6) is 5.75 Å². The molecule has 124 valence electrons. The molecule has 0 aliphatic heterocycles. The molecule has 0 fully saturated rings. The summed E-state index contributed by atoms with van der Waals surface area (Å²) in [5, 5.41) is 23.5. The van der Waals surface area contributed by atoms with Crippen LogP contribution in [0.1, 0.15) is 43.3 Å². The van der Waals surface area contributed by atoms with E-state index in [1.165, 1.54) is 12.1 Å². The number of aromatic hydroxyl groups is 1. The molecule has 0 saturated heterocycles. The molecule has 2 rings (SSSR count). The van der Waals surface area contributed by atoms with Crippen LogP contribution >= 0.6 is 15.9 Å². The molecule has 0 aliphatic rings. The summed E-state index contributed by atoms with van der Waals surface area (Å²) in [5.41, 5.74) is 2.04. The number of aryl methyl sites for hydroxylation is 1. The van der Waals surface area contributed by atoms with Crippen LogP contribution in [0.4, 0.5) is 0 Å². The average Bonchev–Trinajstić information content (AvgIpc) is 2.51. The summed E-state index contributed by atoms with van der Waals surface area (Å²) < 4.78 is 0.902. The standard InChI is InChI=1S/C18H18BrN3O2/c1-11-5-6-12(9-14(11)19)16(22-24-18(2,3)4)17-15(23)8-7-13(10-20)21-17/h5-9,23H,1-4H3/b22-16-. The Kier molecular flexibility index (Phi) is 5.25. The van der Waals surface area contributed by atoms with Crippen LogP contribution in [0.3, 0.4) is 0 Å². The Bertz CT molecular complexity index is 833. The summed E-state index contributed by atoms with van der Waals surface area (Å²) >= 11 is 3.49. The Morgan fingerprint density at radius 2 is 2.00 bits per heavy atom. The van der Waals surface area contributed by atoms with Gasteiger partial charge in [-0.25, -0.2) is 4.98 Å². The number of nitriles is 1. The van der Waals surface area contributed by atoms with Gasteiger partial charge in [0, 0.05) is 10.0 Å². The molecule has 0 bridgehead atoms. The number of halogens is 1. The van der Waals surface area contributed by atoms with E-state index >= 15 is 0 Å². The van der Waals surface area contributed by atoms with Gasteiger partial charge in [0.25, 0.3) is 0 Å². The van der Waals surface area contributed by atoms with Gasteiger partial charge in [0.15, 0.2) is 0 Å². The van der Waals surface area contributed by atoms with Crippen molar-refractivity contribution in [3.8, 4) is 11.8 Å². The van der Waals surface area contributed by atoms with Crippen LogP contribution in [-0.2, 0) is 4.84 Å². The number of hydrogen-bond acceptors (Lipinski definition) is 5. The van der Waals surface area contributed by atoms with Crippen molar-refractivity contribution in [3.05, 3.63) is 57.3 Å². The molecule has 1 N–H and O–H groups in total. The summed E-state index contributed by atoms with van der Waals surface area (Å²) in [5.74, 6) is -0.0676. The van der Waals surface area contributed by atoms with Gasteiger partial charge in [0.05, 0.1) is 0 Å². The minimum absolute atomic E-state index is 0.0676. The van der Waals surface area contributed by atoms with Gasteiger partial charge in [-0.3, -0.25) is 0 Å². The van der Waals surface area contributed by atoms with E-state index in [-0.39, 0.29) is 17.1 Å². The molecule has 0 amide bonds. The van der Waals surface area contributed by atoms with Crippen molar-refractivity contribution in [2.75, 3.05) is 0 Å². The first-order valence-electron chi connectivity index (χ1n) is 7.34. The van der Waals surface area contributed by atoms with Crippen molar-refractivity contribution in [2.24, 2.45) is 5.16 Å². The molecular weight excluding hydrogens is 370 g/mol. The Morgan fingerprint density at radius 3 is 2.58 bits per heavy atom.